The summed E-state index contributed by atoms with van der Waals surface area (Å²) in [7, 11) is 0. The van der Waals surface area contributed by atoms with Gasteiger partial charge in [0.25, 0.3) is 5.69 Å². The van der Waals surface area contributed by atoms with Crippen molar-refractivity contribution in [1.29, 1.82) is 0 Å². The van der Waals surface area contributed by atoms with Crippen molar-refractivity contribution in [3.8, 4) is 0 Å². The number of esters is 1. The summed E-state index contributed by atoms with van der Waals surface area (Å²) in [4.78, 5) is 36.6. The number of ketones is 1. The summed E-state index contributed by atoms with van der Waals surface area (Å²) >= 11 is 0. The maximum Gasteiger partial charge on any atom is 0.337 e. The molecule has 1 atom stereocenters. The van der Waals surface area contributed by atoms with Gasteiger partial charge in [-0.1, -0.05) is 42.5 Å². The Balaban J connectivity index is 1.71. The number of dihydropyridines is 1. The zero-order chi connectivity index (χ0) is 22.0. The zero-order valence-electron chi connectivity index (χ0n) is 17.1. The summed E-state index contributed by atoms with van der Waals surface area (Å²) in [6.07, 6.45) is 1.88. The van der Waals surface area contributed by atoms with Crippen LogP contribution in [0.5, 0.6) is 0 Å². The minimum atomic E-state index is -0.617. The predicted octanol–water partition coefficient (Wildman–Crippen LogP) is 4.31. The van der Waals surface area contributed by atoms with Crippen LogP contribution < -0.4 is 5.32 Å². The molecule has 158 valence electrons. The third-order valence-electron chi connectivity index (χ3n) is 5.65. The minimum absolute atomic E-state index is 0.0158. The Kier molecular flexibility index (Phi) is 5.66. The highest BCUT2D eigenvalue weighted by Gasteiger charge is 2.39. The second-order valence-corrected chi connectivity index (χ2v) is 7.68. The number of Topliss-reactive ketones (excluding diaryl/α,β-unsaturated/α-hetero) is 1. The monoisotopic (exact) mass is 418 g/mol. The standard InChI is InChI=1S/C24H22N2O5/c1-15-21(24(28)31-14-16-6-3-2-4-7-16)22(17-10-12-18(13-11-17)26(29)30)23-19(25-15)8-5-9-20(23)27/h2-4,6-7,10-13,22,25H,5,8-9,14H2,1H3. The number of rotatable bonds is 5. The Morgan fingerprint density at radius 1 is 1.13 bits per heavy atom. The molecule has 0 amide bonds. The summed E-state index contributed by atoms with van der Waals surface area (Å²) < 4.78 is 5.59. The molecule has 0 fully saturated rings. The van der Waals surface area contributed by atoms with Crippen molar-refractivity contribution < 1.29 is 19.2 Å². The molecule has 1 unspecified atom stereocenters. The number of benzene rings is 2. The highest BCUT2D eigenvalue weighted by atomic mass is 16.6. The molecule has 0 bridgehead atoms. The van der Waals surface area contributed by atoms with Crippen molar-refractivity contribution in [3.05, 3.63) is 98.4 Å². The van der Waals surface area contributed by atoms with Gasteiger partial charge in [-0.15, -0.1) is 0 Å². The lowest BCUT2D eigenvalue weighted by Gasteiger charge is -2.34. The number of carbonyl (C=O) groups excluding carboxylic acids is 2. The summed E-state index contributed by atoms with van der Waals surface area (Å²) in [6.45, 7) is 1.91. The molecule has 2 aliphatic rings. The van der Waals surface area contributed by atoms with E-state index in [-0.39, 0.29) is 18.1 Å². The Morgan fingerprint density at radius 2 is 1.84 bits per heavy atom. The van der Waals surface area contributed by atoms with Crippen LogP contribution in [0.15, 0.2) is 77.1 Å². The Hall–Kier alpha value is -3.74. The SMILES string of the molecule is CC1=C(C(=O)OCc2ccccc2)C(c2ccc([N+](=O)[O-])cc2)C2=C(CCCC2=O)N1. The summed E-state index contributed by atoms with van der Waals surface area (Å²) in [5, 5.41) is 14.3. The van der Waals surface area contributed by atoms with Gasteiger partial charge in [-0.25, -0.2) is 4.79 Å². The summed E-state index contributed by atoms with van der Waals surface area (Å²) in [5.74, 6) is -1.15. The van der Waals surface area contributed by atoms with E-state index in [0.29, 0.717) is 35.2 Å². The highest BCUT2D eigenvalue weighted by Crippen LogP contribution is 2.42. The fourth-order valence-corrected chi connectivity index (χ4v) is 4.18. The van der Waals surface area contributed by atoms with E-state index in [4.69, 9.17) is 4.74 Å². The van der Waals surface area contributed by atoms with Crippen molar-refractivity contribution in [1.82, 2.24) is 5.32 Å². The largest absolute Gasteiger partial charge is 0.457 e. The number of carbonyl (C=O) groups is 2. The molecule has 1 heterocycles. The number of allylic oxidation sites excluding steroid dienone is 3. The van der Waals surface area contributed by atoms with Gasteiger partial charge in [-0.2, -0.15) is 0 Å². The second-order valence-electron chi connectivity index (χ2n) is 7.68. The molecule has 1 aliphatic heterocycles. The van der Waals surface area contributed by atoms with Crippen LogP contribution in [0.1, 0.15) is 43.2 Å². The first-order chi connectivity index (χ1) is 15.0. The van der Waals surface area contributed by atoms with Gasteiger partial charge in [-0.3, -0.25) is 14.9 Å². The number of nitrogens with zero attached hydrogens (tertiary/aromatic N) is 1. The van der Waals surface area contributed by atoms with Gasteiger partial charge >= 0.3 is 5.97 Å². The molecule has 0 saturated carbocycles. The molecule has 0 radical (unpaired) electrons. The van der Waals surface area contributed by atoms with Gasteiger partial charge in [0, 0.05) is 41.4 Å². The lowest BCUT2D eigenvalue weighted by atomic mass is 9.75. The van der Waals surface area contributed by atoms with Crippen LogP contribution in [0.25, 0.3) is 0 Å². The van der Waals surface area contributed by atoms with Crippen molar-refractivity contribution in [2.24, 2.45) is 0 Å². The van der Waals surface area contributed by atoms with Crippen LogP contribution in [-0.4, -0.2) is 16.7 Å². The number of nitro groups is 1. The van der Waals surface area contributed by atoms with Crippen molar-refractivity contribution >= 4 is 17.4 Å². The molecule has 0 aromatic heterocycles. The summed E-state index contributed by atoms with van der Waals surface area (Å²) in [5.41, 5.74) is 3.83. The smallest absolute Gasteiger partial charge is 0.337 e. The first kappa shape index (κ1) is 20.5. The maximum absolute atomic E-state index is 13.2. The fraction of sp³-hybridized carbons (Fsp3) is 0.250. The minimum Gasteiger partial charge on any atom is -0.457 e. The van der Waals surface area contributed by atoms with Gasteiger partial charge in [0.15, 0.2) is 5.78 Å². The number of hydrogen-bond donors (Lipinski definition) is 1. The third kappa shape index (κ3) is 4.12. The molecular weight excluding hydrogens is 396 g/mol. The molecule has 4 rings (SSSR count). The number of non-ortho nitro benzene ring substituents is 1. The van der Waals surface area contributed by atoms with Crippen LogP contribution in [0, 0.1) is 10.1 Å². The average molecular weight is 418 g/mol. The number of ether oxygens (including phenoxy) is 1. The van der Waals surface area contributed by atoms with Crippen LogP contribution in [-0.2, 0) is 20.9 Å². The van der Waals surface area contributed by atoms with E-state index in [1.807, 2.05) is 30.3 Å². The molecule has 0 spiro atoms. The van der Waals surface area contributed by atoms with Gasteiger partial charge < -0.3 is 10.1 Å². The number of hydrogen-bond acceptors (Lipinski definition) is 6. The average Bonchev–Trinajstić information content (AvgIpc) is 2.77. The Bertz CT molecular complexity index is 1100. The quantitative estimate of drug-likeness (QED) is 0.441. The first-order valence-corrected chi connectivity index (χ1v) is 10.1. The highest BCUT2D eigenvalue weighted by molar-refractivity contribution is 6.03. The van der Waals surface area contributed by atoms with Gasteiger partial charge in [0.05, 0.1) is 10.5 Å². The van der Waals surface area contributed by atoms with Crippen molar-refractivity contribution in [3.63, 3.8) is 0 Å². The molecule has 0 saturated heterocycles. The van der Waals surface area contributed by atoms with E-state index in [9.17, 15) is 19.7 Å². The summed E-state index contributed by atoms with van der Waals surface area (Å²) in [6, 6.07) is 15.4. The topological polar surface area (TPSA) is 98.5 Å². The van der Waals surface area contributed by atoms with Crippen LogP contribution in [0.3, 0.4) is 0 Å². The van der Waals surface area contributed by atoms with E-state index in [1.54, 1.807) is 19.1 Å². The number of nitrogens with one attached hydrogen (secondary N) is 1. The van der Waals surface area contributed by atoms with E-state index in [2.05, 4.69) is 5.32 Å². The van der Waals surface area contributed by atoms with Crippen LogP contribution in [0.4, 0.5) is 5.69 Å². The van der Waals surface area contributed by atoms with E-state index >= 15 is 0 Å². The van der Waals surface area contributed by atoms with E-state index in [0.717, 1.165) is 17.7 Å². The van der Waals surface area contributed by atoms with E-state index < -0.39 is 16.8 Å². The molecule has 1 aliphatic carbocycles. The Morgan fingerprint density at radius 3 is 2.52 bits per heavy atom. The first-order valence-electron chi connectivity index (χ1n) is 10.1. The Labute approximate surface area is 179 Å². The fourth-order valence-electron chi connectivity index (χ4n) is 4.18. The molecular formula is C24H22N2O5. The molecule has 7 nitrogen and oxygen atoms in total. The molecule has 31 heavy (non-hydrogen) atoms. The molecule has 2 aromatic rings. The van der Waals surface area contributed by atoms with Crippen LogP contribution in [0.2, 0.25) is 0 Å². The van der Waals surface area contributed by atoms with Gasteiger partial charge in [0.2, 0.25) is 0 Å². The third-order valence-corrected chi connectivity index (χ3v) is 5.65. The van der Waals surface area contributed by atoms with Crippen molar-refractivity contribution in [2.45, 2.75) is 38.7 Å². The maximum atomic E-state index is 13.2. The lowest BCUT2D eigenvalue weighted by molar-refractivity contribution is -0.384. The zero-order valence-corrected chi connectivity index (χ0v) is 17.1. The number of nitro benzene ring substituents is 1. The second kappa shape index (κ2) is 8.55. The molecule has 2 aromatic carbocycles. The molecule has 7 heteroatoms. The predicted molar refractivity (Wildman–Crippen MR) is 114 cm³/mol. The van der Waals surface area contributed by atoms with Crippen molar-refractivity contribution in [2.75, 3.05) is 0 Å². The normalized spacial score (nSPS) is 18.4. The molecule has 1 N–H and O–H groups in total. The van der Waals surface area contributed by atoms with Crippen LogP contribution >= 0.6 is 0 Å². The van der Waals surface area contributed by atoms with E-state index in [1.165, 1.54) is 12.1 Å². The lowest BCUT2D eigenvalue weighted by Crippen LogP contribution is -2.34. The van der Waals surface area contributed by atoms with Gasteiger partial charge in [0.1, 0.15) is 6.61 Å². The van der Waals surface area contributed by atoms with Gasteiger partial charge in [-0.05, 0) is 30.9 Å².